The van der Waals surface area contributed by atoms with E-state index in [0.717, 1.165) is 47.1 Å². The van der Waals surface area contributed by atoms with Gasteiger partial charge in [-0.1, -0.05) is 75.0 Å². The van der Waals surface area contributed by atoms with Gasteiger partial charge in [0.25, 0.3) is 0 Å². The predicted octanol–water partition coefficient (Wildman–Crippen LogP) is 7.59. The molecule has 43 heavy (non-hydrogen) atoms. The Labute approximate surface area is 252 Å². The van der Waals surface area contributed by atoms with Crippen molar-refractivity contribution in [3.63, 3.8) is 0 Å². The first kappa shape index (κ1) is 30.3. The van der Waals surface area contributed by atoms with Crippen LogP contribution in [-0.4, -0.2) is 44.5 Å². The molecule has 224 valence electrons. The molecule has 0 saturated carbocycles. The van der Waals surface area contributed by atoms with Crippen LogP contribution in [-0.2, 0) is 16.6 Å². The van der Waals surface area contributed by atoms with Gasteiger partial charge in [0.05, 0.1) is 5.69 Å². The molecule has 0 aliphatic carbocycles. The third-order valence-electron chi connectivity index (χ3n) is 7.22. The predicted molar refractivity (Wildman–Crippen MR) is 164 cm³/mol. The van der Waals surface area contributed by atoms with Crippen molar-refractivity contribution in [2.75, 3.05) is 17.2 Å². The Kier molecular flexibility index (Phi) is 8.91. The van der Waals surface area contributed by atoms with E-state index < -0.39 is 11.8 Å². The molecule has 11 heteroatoms. The van der Waals surface area contributed by atoms with Gasteiger partial charge in [-0.15, -0.1) is 18.3 Å². The maximum absolute atomic E-state index is 13.2. The molecule has 0 unspecified atom stereocenters. The molecule has 1 fully saturated rings. The van der Waals surface area contributed by atoms with Crippen molar-refractivity contribution in [2.45, 2.75) is 51.8 Å². The van der Waals surface area contributed by atoms with E-state index >= 15 is 0 Å². The van der Waals surface area contributed by atoms with E-state index in [4.69, 9.17) is 0 Å². The minimum atomic E-state index is -4.75. The van der Waals surface area contributed by atoms with Crippen LogP contribution in [0.1, 0.15) is 44.7 Å². The first-order chi connectivity index (χ1) is 20.5. The van der Waals surface area contributed by atoms with Gasteiger partial charge < -0.3 is 9.64 Å². The van der Waals surface area contributed by atoms with Crippen molar-refractivity contribution in [3.05, 3.63) is 90.3 Å². The Morgan fingerprint density at radius 2 is 1.74 bits per heavy atom. The number of aromatic nitrogens is 3. The number of ether oxygens (including phenoxy) is 1. The Morgan fingerprint density at radius 3 is 2.44 bits per heavy atom. The van der Waals surface area contributed by atoms with Gasteiger partial charge in [0.2, 0.25) is 5.91 Å². The monoisotopic (exact) mass is 607 g/mol. The number of nitrogens with zero attached hydrogens (tertiary/aromatic N) is 5. The van der Waals surface area contributed by atoms with Crippen LogP contribution in [0.25, 0.3) is 17.1 Å². The average Bonchev–Trinajstić information content (AvgIpc) is 3.47. The van der Waals surface area contributed by atoms with Crippen molar-refractivity contribution >= 4 is 28.5 Å². The average molecular weight is 608 g/mol. The van der Waals surface area contributed by atoms with Crippen molar-refractivity contribution in [3.8, 4) is 22.8 Å². The molecule has 1 aliphatic rings. The quantitative estimate of drug-likeness (QED) is 0.206. The van der Waals surface area contributed by atoms with Gasteiger partial charge in [-0.05, 0) is 59.7 Å². The summed E-state index contributed by atoms with van der Waals surface area (Å²) < 4.78 is 42.7. The van der Waals surface area contributed by atoms with Gasteiger partial charge >= 0.3 is 6.36 Å². The Morgan fingerprint density at radius 1 is 1.02 bits per heavy atom. The number of aryl methyl sites for hydroxylation is 1. The number of carbonyl (C=O) groups is 1. The fourth-order valence-corrected chi connectivity index (χ4v) is 5.93. The third-order valence-corrected chi connectivity index (χ3v) is 8.28. The normalized spacial score (nSPS) is 15.1. The maximum atomic E-state index is 13.2. The van der Waals surface area contributed by atoms with Crippen LogP contribution in [0.15, 0.2) is 84.1 Å². The van der Waals surface area contributed by atoms with Crippen molar-refractivity contribution in [1.82, 2.24) is 14.8 Å². The van der Waals surface area contributed by atoms with E-state index in [0.29, 0.717) is 11.5 Å². The van der Waals surface area contributed by atoms with Gasteiger partial charge in [0, 0.05) is 30.0 Å². The van der Waals surface area contributed by atoms with Crippen LogP contribution in [0, 0.1) is 0 Å². The van der Waals surface area contributed by atoms with Gasteiger partial charge in [0.15, 0.2) is 11.0 Å². The number of hydrogen-bond donors (Lipinski definition) is 0. The molecular weight excluding hydrogens is 575 g/mol. The van der Waals surface area contributed by atoms with E-state index in [1.54, 1.807) is 11.8 Å². The topological polar surface area (TPSA) is 72.6 Å². The molecule has 2 heterocycles. The highest BCUT2D eigenvalue weighted by atomic mass is 32.2. The zero-order valence-electron chi connectivity index (χ0n) is 24.1. The number of anilines is 1. The second-order valence-corrected chi connectivity index (χ2v) is 11.9. The Bertz CT molecular complexity index is 1600. The number of alkyl halides is 3. The molecule has 4 aromatic rings. The summed E-state index contributed by atoms with van der Waals surface area (Å²) in [6, 6.07) is 21.4. The molecule has 5 rings (SSSR count). The molecule has 1 aliphatic heterocycles. The lowest BCUT2D eigenvalue weighted by Crippen LogP contribution is -2.35. The number of carbonyl (C=O) groups excluding carboxylic acids is 1. The first-order valence-corrected chi connectivity index (χ1v) is 15.0. The highest BCUT2D eigenvalue weighted by Gasteiger charge is 2.31. The van der Waals surface area contributed by atoms with Crippen molar-refractivity contribution < 1.29 is 22.7 Å². The third kappa shape index (κ3) is 7.45. The number of amides is 1. The zero-order valence-corrected chi connectivity index (χ0v) is 25.0. The van der Waals surface area contributed by atoms with E-state index in [-0.39, 0.29) is 18.1 Å². The van der Waals surface area contributed by atoms with E-state index in [9.17, 15) is 18.0 Å². The number of aliphatic imine (C=N–C) groups is 1. The summed E-state index contributed by atoms with van der Waals surface area (Å²) in [4.78, 5) is 24.3. The summed E-state index contributed by atoms with van der Waals surface area (Å²) in [5, 5.41) is 5.23. The second-order valence-electron chi connectivity index (χ2n) is 10.8. The summed E-state index contributed by atoms with van der Waals surface area (Å²) in [6.07, 6.45) is -1.06. The number of amidine groups is 1. The molecule has 0 atom stereocenters. The number of para-hydroxylation sites is 1. The largest absolute Gasteiger partial charge is 0.573 e. The molecule has 7 nitrogen and oxygen atoms in total. The lowest BCUT2D eigenvalue weighted by Gasteiger charge is -2.31. The molecule has 1 saturated heterocycles. The summed E-state index contributed by atoms with van der Waals surface area (Å²) in [5.74, 6) is 0.925. The van der Waals surface area contributed by atoms with Crippen LogP contribution in [0.3, 0.4) is 0 Å². The maximum Gasteiger partial charge on any atom is 0.573 e. The van der Waals surface area contributed by atoms with E-state index in [2.05, 4.69) is 43.8 Å². The first-order valence-electron chi connectivity index (χ1n) is 14.0. The van der Waals surface area contributed by atoms with Crippen molar-refractivity contribution in [2.24, 2.45) is 4.99 Å². The molecular formula is C32H32F3N5O2S. The number of rotatable bonds is 8. The highest BCUT2D eigenvalue weighted by molar-refractivity contribution is 8.14. The number of thioether (sulfide) groups is 1. The van der Waals surface area contributed by atoms with Crippen LogP contribution in [0.2, 0.25) is 0 Å². The van der Waals surface area contributed by atoms with Crippen LogP contribution < -0.4 is 9.64 Å². The van der Waals surface area contributed by atoms with Gasteiger partial charge in [0.1, 0.15) is 12.1 Å². The zero-order chi connectivity index (χ0) is 30.6. The second kappa shape index (κ2) is 12.6. The molecule has 0 radical (unpaired) electrons. The smallest absolute Gasteiger partial charge is 0.406 e. The van der Waals surface area contributed by atoms with Crippen LogP contribution in [0.4, 0.5) is 18.9 Å². The summed E-state index contributed by atoms with van der Waals surface area (Å²) in [7, 11) is 0. The fourth-order valence-electron chi connectivity index (χ4n) is 4.97. The van der Waals surface area contributed by atoms with Gasteiger partial charge in [-0.3, -0.25) is 4.79 Å². The Hall–Kier alpha value is -4.12. The summed E-state index contributed by atoms with van der Waals surface area (Å²) in [6.45, 7) is 7.02. The minimum absolute atomic E-state index is 0.162. The van der Waals surface area contributed by atoms with Crippen LogP contribution in [0.5, 0.6) is 5.75 Å². The fraction of sp³-hybridized carbons (Fsp3) is 0.312. The molecule has 0 spiro atoms. The van der Waals surface area contributed by atoms with Gasteiger partial charge in [-0.25, -0.2) is 9.67 Å². The summed E-state index contributed by atoms with van der Waals surface area (Å²) in [5.41, 5.74) is 4.18. The number of hydrogen-bond acceptors (Lipinski definition) is 5. The lowest BCUT2D eigenvalue weighted by molar-refractivity contribution is -0.274. The highest BCUT2D eigenvalue weighted by Crippen LogP contribution is 2.32. The standard InChI is InChI=1S/C32H32F3N5O2S/c1-4-22-8-5-6-9-27(22)39-18-7-19-43-30(39)37-28(41)20-31(2,3)24-12-10-23(11-13-24)29-36-21-40(38-29)25-14-16-26(17-15-25)42-32(33,34)35/h5-6,8-17,21H,4,7,18-20H2,1-3H3. The van der Waals surface area contributed by atoms with E-state index in [1.807, 2.05) is 50.2 Å². The van der Waals surface area contributed by atoms with Crippen LogP contribution >= 0.6 is 11.8 Å². The van der Waals surface area contributed by atoms with Gasteiger partial charge in [-0.2, -0.15) is 4.99 Å². The van der Waals surface area contributed by atoms with E-state index in [1.165, 1.54) is 40.8 Å². The SMILES string of the molecule is CCc1ccccc1N1CCCSC1=NC(=O)CC(C)(C)c1ccc(-c2ncn(-c3ccc(OC(F)(F)F)cc3)n2)cc1. The van der Waals surface area contributed by atoms with Crippen molar-refractivity contribution in [1.29, 1.82) is 0 Å². The molecule has 1 aromatic heterocycles. The molecule has 0 N–H and O–H groups in total. The molecule has 1 amide bonds. The molecule has 0 bridgehead atoms. The number of halogens is 3. The minimum Gasteiger partial charge on any atom is -0.406 e. The Balaban J connectivity index is 1.27. The lowest BCUT2D eigenvalue weighted by atomic mass is 9.81. The molecule has 3 aromatic carbocycles. The summed E-state index contributed by atoms with van der Waals surface area (Å²) >= 11 is 1.63. The number of benzene rings is 3.